The van der Waals surface area contributed by atoms with Crippen LogP contribution in [0.4, 0.5) is 10.5 Å². The number of carbonyl (C=O) groups is 3. The first-order valence-corrected chi connectivity index (χ1v) is 11.8. The van der Waals surface area contributed by atoms with Crippen molar-refractivity contribution in [1.29, 1.82) is 0 Å². The third kappa shape index (κ3) is 5.49. The van der Waals surface area contributed by atoms with Gasteiger partial charge < -0.3 is 9.64 Å². The van der Waals surface area contributed by atoms with Crippen molar-refractivity contribution in [3.8, 4) is 5.88 Å². The van der Waals surface area contributed by atoms with Gasteiger partial charge in [0.25, 0.3) is 0 Å². The molecule has 3 amide bonds. The molecule has 1 atom stereocenters. The molecule has 4 rings (SSSR count). The molecule has 2 fully saturated rings. The van der Waals surface area contributed by atoms with Crippen molar-refractivity contribution in [1.82, 2.24) is 30.5 Å². The van der Waals surface area contributed by atoms with Crippen LogP contribution in [0, 0.1) is 11.3 Å². The number of thioether (sulfide) groups is 1. The normalized spacial score (nSPS) is 20.1. The molecule has 2 aliphatic heterocycles. The number of aromatic nitrogens is 5. The highest BCUT2D eigenvalue weighted by molar-refractivity contribution is 7.99. The molecule has 176 valence electrons. The Morgan fingerprint density at radius 1 is 1.21 bits per heavy atom. The van der Waals surface area contributed by atoms with Crippen LogP contribution in [-0.4, -0.2) is 66.8 Å². The molecule has 4 heterocycles. The topological polar surface area (TPSA) is 134 Å². The number of likely N-dealkylation sites (tertiary alicyclic amines) is 1. The number of amides is 3. The maximum atomic E-state index is 12.6. The van der Waals surface area contributed by atoms with E-state index in [-0.39, 0.29) is 36.0 Å². The number of H-pyrrole nitrogens is 1. The lowest BCUT2D eigenvalue weighted by atomic mass is 9.81. The monoisotopic (exact) mass is 473 g/mol. The molecular weight excluding hydrogens is 446 g/mol. The lowest BCUT2D eigenvalue weighted by molar-refractivity contribution is -0.132. The molecule has 0 aliphatic carbocycles. The van der Waals surface area contributed by atoms with Gasteiger partial charge in [-0.25, -0.2) is 14.7 Å². The molecule has 0 spiro atoms. The number of anilines is 1. The Bertz CT molecular complexity index is 984. The molecule has 0 aromatic carbocycles. The summed E-state index contributed by atoms with van der Waals surface area (Å²) in [5.41, 5.74) is 0.0408. The molecule has 2 aromatic heterocycles. The third-order valence-corrected chi connectivity index (χ3v) is 7.15. The Labute approximate surface area is 195 Å². The second-order valence-corrected chi connectivity index (χ2v) is 10.5. The van der Waals surface area contributed by atoms with Crippen LogP contribution in [0.15, 0.2) is 23.5 Å². The number of hydrogen-bond acceptors (Lipinski definition) is 9. The molecule has 11 nitrogen and oxygen atoms in total. The van der Waals surface area contributed by atoms with Gasteiger partial charge in [0.05, 0.1) is 11.9 Å². The number of hydrogen-bond donors (Lipinski definition) is 1. The summed E-state index contributed by atoms with van der Waals surface area (Å²) in [6.45, 7) is 7.11. The number of pyridine rings is 1. The predicted octanol–water partition coefficient (Wildman–Crippen LogP) is 2.67. The molecule has 33 heavy (non-hydrogen) atoms. The number of nitrogens with zero attached hydrogens (tertiary/aromatic N) is 6. The fraction of sp³-hybridized carbons (Fsp3) is 0.571. The average molecular weight is 474 g/mol. The van der Waals surface area contributed by atoms with Crippen molar-refractivity contribution >= 4 is 35.4 Å². The smallest absolute Gasteiger partial charge is 0.391 e. The first kappa shape index (κ1) is 23.1. The van der Waals surface area contributed by atoms with E-state index in [0.717, 1.165) is 17.7 Å². The summed E-state index contributed by atoms with van der Waals surface area (Å²) >= 11 is 1.57. The summed E-state index contributed by atoms with van der Waals surface area (Å²) in [6, 6.07) is 3.08. The predicted molar refractivity (Wildman–Crippen MR) is 120 cm³/mol. The minimum atomic E-state index is -0.459. The lowest BCUT2D eigenvalue weighted by Crippen LogP contribution is -2.46. The molecule has 1 N–H and O–H groups in total. The standard InChI is InChI=1S/C21H27N7O4S/c1-13(33-19-23-25-26-24-19)14-6-8-27(9-7-14)20(31)32-16-5-4-15(12-22-16)28-17(29)10-21(2,3)11-18(28)30/h4-5,12-14H,6-11H2,1-3H3,(H,23,24,25,26). The van der Waals surface area contributed by atoms with Gasteiger partial charge in [-0.15, -0.1) is 10.2 Å². The maximum Gasteiger partial charge on any atom is 0.416 e. The van der Waals surface area contributed by atoms with E-state index in [4.69, 9.17) is 4.74 Å². The highest BCUT2D eigenvalue weighted by atomic mass is 32.2. The van der Waals surface area contributed by atoms with Gasteiger partial charge in [-0.2, -0.15) is 5.21 Å². The summed E-state index contributed by atoms with van der Waals surface area (Å²) in [5.74, 6) is 0.0541. The quantitative estimate of drug-likeness (QED) is 0.513. The van der Waals surface area contributed by atoms with Gasteiger partial charge in [0.2, 0.25) is 22.9 Å². The Morgan fingerprint density at radius 3 is 2.48 bits per heavy atom. The second-order valence-electron chi connectivity index (χ2n) is 9.21. The number of piperidine rings is 2. The summed E-state index contributed by atoms with van der Waals surface area (Å²) in [6.07, 6.45) is 3.21. The van der Waals surface area contributed by atoms with E-state index in [1.165, 1.54) is 12.3 Å². The van der Waals surface area contributed by atoms with Gasteiger partial charge in [-0.05, 0) is 35.5 Å². The van der Waals surface area contributed by atoms with E-state index in [0.29, 0.717) is 35.1 Å². The van der Waals surface area contributed by atoms with Gasteiger partial charge in [-0.1, -0.05) is 32.5 Å². The SMILES string of the molecule is CC(Sc1nn[nH]n1)C1CCN(C(=O)Oc2ccc(N3C(=O)CC(C)(C)CC3=O)cn2)CC1. The van der Waals surface area contributed by atoms with Crippen LogP contribution in [-0.2, 0) is 9.59 Å². The molecule has 1 unspecified atom stereocenters. The fourth-order valence-corrected chi connectivity index (χ4v) is 5.18. The Kier molecular flexibility index (Phi) is 6.63. The Morgan fingerprint density at radius 2 is 1.91 bits per heavy atom. The zero-order chi connectivity index (χ0) is 23.6. The molecule has 2 saturated heterocycles. The maximum absolute atomic E-state index is 12.6. The molecular formula is C21H27N7O4S. The van der Waals surface area contributed by atoms with E-state index < -0.39 is 6.09 Å². The van der Waals surface area contributed by atoms with Crippen LogP contribution in [0.5, 0.6) is 5.88 Å². The third-order valence-electron chi connectivity index (χ3n) is 6.01. The molecule has 2 aromatic rings. The molecule has 12 heteroatoms. The molecule has 0 saturated carbocycles. The Balaban J connectivity index is 1.29. The highest BCUT2D eigenvalue weighted by Crippen LogP contribution is 2.34. The van der Waals surface area contributed by atoms with Crippen LogP contribution >= 0.6 is 11.8 Å². The first-order valence-electron chi connectivity index (χ1n) is 10.9. The van der Waals surface area contributed by atoms with Crippen LogP contribution in [0.1, 0.15) is 46.5 Å². The van der Waals surface area contributed by atoms with E-state index in [1.807, 2.05) is 13.8 Å². The first-order chi connectivity index (χ1) is 15.7. The van der Waals surface area contributed by atoms with Crippen molar-refractivity contribution < 1.29 is 19.1 Å². The fourth-order valence-electron chi connectivity index (χ4n) is 4.20. The van der Waals surface area contributed by atoms with E-state index >= 15 is 0 Å². The lowest BCUT2D eigenvalue weighted by Gasteiger charge is -2.34. The highest BCUT2D eigenvalue weighted by Gasteiger charge is 2.38. The minimum absolute atomic E-state index is 0.129. The van der Waals surface area contributed by atoms with Crippen LogP contribution in [0.2, 0.25) is 0 Å². The molecule has 0 radical (unpaired) electrons. The summed E-state index contributed by atoms with van der Waals surface area (Å²) in [5, 5.41) is 14.9. The number of nitrogens with one attached hydrogen (secondary N) is 1. The van der Waals surface area contributed by atoms with Crippen molar-refractivity contribution in [2.24, 2.45) is 11.3 Å². The average Bonchev–Trinajstić information content (AvgIpc) is 3.26. The van der Waals surface area contributed by atoms with Crippen LogP contribution in [0.25, 0.3) is 0 Å². The molecule has 2 aliphatic rings. The van der Waals surface area contributed by atoms with E-state index in [1.54, 1.807) is 22.7 Å². The number of tetrazole rings is 1. The minimum Gasteiger partial charge on any atom is -0.391 e. The second kappa shape index (κ2) is 9.46. The van der Waals surface area contributed by atoms with Gasteiger partial charge in [0, 0.05) is 37.2 Å². The van der Waals surface area contributed by atoms with E-state index in [9.17, 15) is 14.4 Å². The van der Waals surface area contributed by atoms with Gasteiger partial charge in [0.1, 0.15) is 0 Å². The van der Waals surface area contributed by atoms with Crippen LogP contribution in [0.3, 0.4) is 0 Å². The van der Waals surface area contributed by atoms with Crippen molar-refractivity contribution in [2.45, 2.75) is 56.9 Å². The summed E-state index contributed by atoms with van der Waals surface area (Å²) in [4.78, 5) is 44.4. The van der Waals surface area contributed by atoms with Crippen LogP contribution < -0.4 is 9.64 Å². The van der Waals surface area contributed by atoms with Crippen molar-refractivity contribution in [2.75, 3.05) is 18.0 Å². The number of ether oxygens (including phenoxy) is 1. The zero-order valence-corrected chi connectivity index (χ0v) is 19.7. The van der Waals surface area contributed by atoms with Gasteiger partial charge in [-0.3, -0.25) is 9.59 Å². The molecule has 0 bridgehead atoms. The number of aromatic amines is 1. The Hall–Kier alpha value is -3.02. The van der Waals surface area contributed by atoms with Crippen molar-refractivity contribution in [3.63, 3.8) is 0 Å². The zero-order valence-electron chi connectivity index (χ0n) is 18.9. The largest absolute Gasteiger partial charge is 0.416 e. The summed E-state index contributed by atoms with van der Waals surface area (Å²) < 4.78 is 5.41. The number of carbonyl (C=O) groups excluding carboxylic acids is 3. The van der Waals surface area contributed by atoms with Gasteiger partial charge >= 0.3 is 6.09 Å². The van der Waals surface area contributed by atoms with Gasteiger partial charge in [0.15, 0.2) is 0 Å². The van der Waals surface area contributed by atoms with E-state index in [2.05, 4.69) is 32.5 Å². The number of rotatable bonds is 5. The number of imide groups is 1. The van der Waals surface area contributed by atoms with Crippen molar-refractivity contribution in [3.05, 3.63) is 18.3 Å². The summed E-state index contributed by atoms with van der Waals surface area (Å²) in [7, 11) is 0.